The monoisotopic (exact) mass is 396 g/mol. The van der Waals surface area contributed by atoms with Gasteiger partial charge in [0.05, 0.1) is 12.2 Å². The van der Waals surface area contributed by atoms with Crippen molar-refractivity contribution in [1.29, 1.82) is 0 Å². The minimum absolute atomic E-state index is 0.000889. The van der Waals surface area contributed by atoms with Gasteiger partial charge in [-0.25, -0.2) is 13.8 Å². The van der Waals surface area contributed by atoms with Crippen molar-refractivity contribution in [1.82, 2.24) is 15.3 Å². The molecule has 0 spiro atoms. The average molecular weight is 396 g/mol. The summed E-state index contributed by atoms with van der Waals surface area (Å²) in [6.07, 6.45) is -1.76. The Labute approximate surface area is 157 Å². The van der Waals surface area contributed by atoms with Gasteiger partial charge in [-0.15, -0.1) is 0 Å². The number of pyridine rings is 1. The first kappa shape index (κ1) is 20.9. The Balaban J connectivity index is 0.000000878. The fourth-order valence-electron chi connectivity index (χ4n) is 2.39. The molecule has 4 nitrogen and oxygen atoms in total. The van der Waals surface area contributed by atoms with Crippen LogP contribution < -0.4 is 11.1 Å². The standard InChI is InChI=1S/C17H12F5N3.C2H5N/c1-9(12-8-24-15-6-14(19)13(18)5-11(12)15)23-7-10-3-2-4-16(25-10)17(20,21)22;1-2-3/h2-6,8,23-24H,1,7H2;2H,1,3H2. The van der Waals surface area contributed by atoms with Crippen LogP contribution in [0.15, 0.2) is 55.9 Å². The van der Waals surface area contributed by atoms with Gasteiger partial charge in [0.25, 0.3) is 0 Å². The van der Waals surface area contributed by atoms with Crippen LogP contribution in [0.5, 0.6) is 0 Å². The third-order valence-corrected chi connectivity index (χ3v) is 3.63. The summed E-state index contributed by atoms with van der Waals surface area (Å²) < 4.78 is 64.6. The quantitative estimate of drug-likeness (QED) is 0.560. The third-order valence-electron chi connectivity index (χ3n) is 3.63. The highest BCUT2D eigenvalue weighted by atomic mass is 19.4. The molecule has 0 unspecified atom stereocenters. The predicted octanol–water partition coefficient (Wildman–Crippen LogP) is 4.71. The van der Waals surface area contributed by atoms with Crippen molar-refractivity contribution in [2.24, 2.45) is 5.73 Å². The molecule has 3 aromatic rings. The number of benzene rings is 1. The van der Waals surface area contributed by atoms with Crippen molar-refractivity contribution in [3.8, 4) is 0 Å². The van der Waals surface area contributed by atoms with E-state index in [0.29, 0.717) is 22.2 Å². The van der Waals surface area contributed by atoms with Gasteiger partial charge in [0.1, 0.15) is 5.69 Å². The number of halogens is 5. The third kappa shape index (κ3) is 4.87. The fourth-order valence-corrected chi connectivity index (χ4v) is 2.39. The van der Waals surface area contributed by atoms with Gasteiger partial charge in [-0.3, -0.25) is 0 Å². The summed E-state index contributed by atoms with van der Waals surface area (Å²) in [5.74, 6) is -1.98. The SMILES string of the molecule is C=C(NCc1cccc(C(F)(F)F)n1)c1c[nH]c2cc(F)c(F)cc12.C=CN. The van der Waals surface area contributed by atoms with E-state index in [1.54, 1.807) is 0 Å². The van der Waals surface area contributed by atoms with E-state index in [1.165, 1.54) is 24.5 Å². The highest BCUT2D eigenvalue weighted by molar-refractivity contribution is 5.91. The molecule has 0 fully saturated rings. The number of nitrogens with two attached hydrogens (primary N) is 1. The smallest absolute Gasteiger partial charge is 0.405 e. The molecule has 3 rings (SSSR count). The summed E-state index contributed by atoms with van der Waals surface area (Å²) in [4.78, 5) is 6.33. The molecule has 4 N–H and O–H groups in total. The molecule has 2 heterocycles. The molecular weight excluding hydrogens is 379 g/mol. The van der Waals surface area contributed by atoms with Crippen molar-refractivity contribution in [2.75, 3.05) is 0 Å². The zero-order valence-corrected chi connectivity index (χ0v) is 14.6. The molecule has 0 amide bonds. The summed E-state index contributed by atoms with van der Waals surface area (Å²) in [6.45, 7) is 6.93. The predicted molar refractivity (Wildman–Crippen MR) is 97.7 cm³/mol. The summed E-state index contributed by atoms with van der Waals surface area (Å²) in [6, 6.07) is 5.65. The highest BCUT2D eigenvalue weighted by Crippen LogP contribution is 2.28. The number of aromatic amines is 1. The Kier molecular flexibility index (Phi) is 6.40. The molecule has 9 heteroatoms. The van der Waals surface area contributed by atoms with Gasteiger partial charge in [-0.05, 0) is 24.4 Å². The van der Waals surface area contributed by atoms with Crippen molar-refractivity contribution < 1.29 is 22.0 Å². The molecule has 0 radical (unpaired) electrons. The van der Waals surface area contributed by atoms with E-state index < -0.39 is 23.5 Å². The minimum Gasteiger partial charge on any atom is -0.405 e. The number of H-pyrrole nitrogens is 1. The lowest BCUT2D eigenvalue weighted by Crippen LogP contribution is -2.14. The van der Waals surface area contributed by atoms with E-state index in [9.17, 15) is 22.0 Å². The zero-order chi connectivity index (χ0) is 20.9. The second-order valence-corrected chi connectivity index (χ2v) is 5.59. The Morgan fingerprint density at radius 3 is 2.50 bits per heavy atom. The second kappa shape index (κ2) is 8.55. The molecule has 2 aromatic heterocycles. The minimum atomic E-state index is -4.52. The van der Waals surface area contributed by atoms with Gasteiger partial charge in [0.2, 0.25) is 0 Å². The maximum atomic E-state index is 13.4. The molecule has 28 heavy (non-hydrogen) atoms. The van der Waals surface area contributed by atoms with Crippen LogP contribution in [0, 0.1) is 11.6 Å². The van der Waals surface area contributed by atoms with Crippen LogP contribution >= 0.6 is 0 Å². The van der Waals surface area contributed by atoms with Crippen LogP contribution in [0.2, 0.25) is 0 Å². The molecule has 1 aromatic carbocycles. The van der Waals surface area contributed by atoms with Crippen molar-refractivity contribution in [3.05, 3.63) is 84.5 Å². The van der Waals surface area contributed by atoms with Crippen LogP contribution in [-0.4, -0.2) is 9.97 Å². The first-order chi connectivity index (χ1) is 13.2. The topological polar surface area (TPSA) is 66.7 Å². The van der Waals surface area contributed by atoms with Gasteiger partial charge in [-0.1, -0.05) is 19.2 Å². The van der Waals surface area contributed by atoms with Crippen LogP contribution in [0.1, 0.15) is 17.0 Å². The maximum Gasteiger partial charge on any atom is 0.433 e. The van der Waals surface area contributed by atoms with E-state index in [4.69, 9.17) is 0 Å². The van der Waals surface area contributed by atoms with E-state index in [2.05, 4.69) is 34.2 Å². The molecule has 0 saturated carbocycles. The number of nitrogens with one attached hydrogen (secondary N) is 2. The number of hydrogen-bond donors (Lipinski definition) is 3. The zero-order valence-electron chi connectivity index (χ0n) is 14.6. The van der Waals surface area contributed by atoms with Crippen LogP contribution in [-0.2, 0) is 12.7 Å². The lowest BCUT2D eigenvalue weighted by atomic mass is 10.1. The van der Waals surface area contributed by atoms with E-state index in [1.807, 2.05) is 0 Å². The Morgan fingerprint density at radius 2 is 1.86 bits per heavy atom. The second-order valence-electron chi connectivity index (χ2n) is 5.59. The van der Waals surface area contributed by atoms with Crippen molar-refractivity contribution >= 4 is 16.6 Å². The highest BCUT2D eigenvalue weighted by Gasteiger charge is 2.32. The molecule has 0 aliphatic carbocycles. The van der Waals surface area contributed by atoms with E-state index in [-0.39, 0.29) is 12.2 Å². The Hall–Kier alpha value is -3.36. The van der Waals surface area contributed by atoms with Gasteiger partial charge >= 0.3 is 6.18 Å². The number of rotatable bonds is 4. The number of alkyl halides is 3. The maximum absolute atomic E-state index is 13.4. The number of nitrogens with zero attached hydrogens (tertiary/aromatic N) is 1. The molecule has 0 aliphatic rings. The Morgan fingerprint density at radius 1 is 1.21 bits per heavy atom. The van der Waals surface area contributed by atoms with Crippen LogP contribution in [0.25, 0.3) is 16.6 Å². The lowest BCUT2D eigenvalue weighted by molar-refractivity contribution is -0.141. The van der Waals surface area contributed by atoms with Crippen molar-refractivity contribution in [2.45, 2.75) is 12.7 Å². The molecule has 0 atom stereocenters. The van der Waals surface area contributed by atoms with Gasteiger partial charge in [0.15, 0.2) is 11.6 Å². The first-order valence-corrected chi connectivity index (χ1v) is 7.92. The number of fused-ring (bicyclic) bond motifs is 1. The summed E-state index contributed by atoms with van der Waals surface area (Å²) in [5.41, 5.74) is 5.02. The number of aromatic nitrogens is 2. The molecule has 0 bridgehead atoms. The molecule has 148 valence electrons. The van der Waals surface area contributed by atoms with Crippen molar-refractivity contribution in [3.63, 3.8) is 0 Å². The van der Waals surface area contributed by atoms with E-state index in [0.717, 1.165) is 18.2 Å². The Bertz CT molecular complexity index is 992. The van der Waals surface area contributed by atoms with Crippen LogP contribution in [0.3, 0.4) is 0 Å². The van der Waals surface area contributed by atoms with Gasteiger partial charge in [0, 0.05) is 34.4 Å². The average Bonchev–Trinajstić information content (AvgIpc) is 3.03. The molecular formula is C19H17F5N4. The summed E-state index contributed by atoms with van der Waals surface area (Å²) in [7, 11) is 0. The first-order valence-electron chi connectivity index (χ1n) is 7.92. The van der Waals surface area contributed by atoms with E-state index >= 15 is 0 Å². The normalized spacial score (nSPS) is 10.9. The van der Waals surface area contributed by atoms with Gasteiger partial charge in [-0.2, -0.15) is 13.2 Å². The largest absolute Gasteiger partial charge is 0.433 e. The number of hydrogen-bond acceptors (Lipinski definition) is 3. The molecule has 0 aliphatic heterocycles. The summed E-state index contributed by atoms with van der Waals surface area (Å²) >= 11 is 0. The molecule has 0 saturated heterocycles. The van der Waals surface area contributed by atoms with Gasteiger partial charge < -0.3 is 16.0 Å². The summed E-state index contributed by atoms with van der Waals surface area (Å²) in [5, 5.41) is 3.26. The van der Waals surface area contributed by atoms with Crippen LogP contribution in [0.4, 0.5) is 22.0 Å². The lowest BCUT2D eigenvalue weighted by Gasteiger charge is -2.11. The fraction of sp³-hybridized carbons (Fsp3) is 0.105.